The average Bonchev–Trinajstić information content (AvgIpc) is 2.96. The Labute approximate surface area is 124 Å². The fourth-order valence-corrected chi connectivity index (χ4v) is 3.82. The predicted octanol–water partition coefficient (Wildman–Crippen LogP) is 1.53. The highest BCUT2D eigenvalue weighted by molar-refractivity contribution is 5.94. The van der Waals surface area contributed by atoms with Crippen LogP contribution in [-0.2, 0) is 0 Å². The van der Waals surface area contributed by atoms with Crippen molar-refractivity contribution in [2.45, 2.75) is 50.7 Å². The highest BCUT2D eigenvalue weighted by atomic mass is 16.3. The number of rotatable bonds is 2. The number of H-pyrrole nitrogens is 1. The molecule has 2 aliphatic rings. The van der Waals surface area contributed by atoms with Gasteiger partial charge in [0.1, 0.15) is 0 Å². The second-order valence-corrected chi connectivity index (χ2v) is 6.17. The zero-order valence-electron chi connectivity index (χ0n) is 12.1. The number of aliphatic hydroxyl groups is 1. The quantitative estimate of drug-likeness (QED) is 0.867. The summed E-state index contributed by atoms with van der Waals surface area (Å²) in [7, 11) is 0. The lowest BCUT2D eigenvalue weighted by Crippen LogP contribution is -2.45. The van der Waals surface area contributed by atoms with Gasteiger partial charge in [0.2, 0.25) is 5.56 Å². The van der Waals surface area contributed by atoms with Crippen LogP contribution >= 0.6 is 0 Å². The Hall–Kier alpha value is -1.62. The number of aromatic nitrogens is 1. The Morgan fingerprint density at radius 3 is 2.81 bits per heavy atom. The molecule has 1 aromatic rings. The van der Waals surface area contributed by atoms with Crippen molar-refractivity contribution in [3.05, 3.63) is 34.2 Å². The number of hydrogen-bond donors (Lipinski definition) is 2. The highest BCUT2D eigenvalue weighted by Gasteiger charge is 2.39. The summed E-state index contributed by atoms with van der Waals surface area (Å²) in [6, 6.07) is 3.12. The standard InChI is InChI=1S/C16H22N2O3/c19-14-6-2-1-4-12(14)13-5-3-9-18(13)16(21)11-7-8-17-15(20)10-11/h7-8,10,12-14,19H,1-6,9H2,(H,17,20). The van der Waals surface area contributed by atoms with Crippen LogP contribution in [0.15, 0.2) is 23.1 Å². The van der Waals surface area contributed by atoms with Gasteiger partial charge in [-0.1, -0.05) is 12.8 Å². The van der Waals surface area contributed by atoms with E-state index in [9.17, 15) is 14.7 Å². The zero-order valence-corrected chi connectivity index (χ0v) is 12.1. The van der Waals surface area contributed by atoms with Crippen molar-refractivity contribution in [2.75, 3.05) is 6.54 Å². The van der Waals surface area contributed by atoms with Crippen molar-refractivity contribution in [3.63, 3.8) is 0 Å². The van der Waals surface area contributed by atoms with Crippen molar-refractivity contribution < 1.29 is 9.90 Å². The van der Waals surface area contributed by atoms with E-state index in [0.29, 0.717) is 5.56 Å². The van der Waals surface area contributed by atoms with Crippen LogP contribution in [0.25, 0.3) is 0 Å². The normalized spacial score (nSPS) is 29.6. The topological polar surface area (TPSA) is 73.4 Å². The number of nitrogens with zero attached hydrogens (tertiary/aromatic N) is 1. The first kappa shape index (κ1) is 14.3. The number of pyridine rings is 1. The minimum absolute atomic E-state index is 0.0821. The Morgan fingerprint density at radius 1 is 1.24 bits per heavy atom. The van der Waals surface area contributed by atoms with Gasteiger partial charge in [-0.25, -0.2) is 0 Å². The molecule has 2 heterocycles. The van der Waals surface area contributed by atoms with Crippen molar-refractivity contribution >= 4 is 5.91 Å². The van der Waals surface area contributed by atoms with E-state index in [1.807, 2.05) is 4.90 Å². The number of likely N-dealkylation sites (tertiary alicyclic amines) is 1. The number of hydrogen-bond acceptors (Lipinski definition) is 3. The van der Waals surface area contributed by atoms with Gasteiger partial charge in [0.25, 0.3) is 5.91 Å². The van der Waals surface area contributed by atoms with Crippen molar-refractivity contribution in [1.82, 2.24) is 9.88 Å². The molecule has 0 aromatic carbocycles. The smallest absolute Gasteiger partial charge is 0.254 e. The van der Waals surface area contributed by atoms with Crippen molar-refractivity contribution in [3.8, 4) is 0 Å². The summed E-state index contributed by atoms with van der Waals surface area (Å²) in [5, 5.41) is 10.3. The molecule has 21 heavy (non-hydrogen) atoms. The van der Waals surface area contributed by atoms with Crippen LogP contribution < -0.4 is 5.56 Å². The molecule has 0 radical (unpaired) electrons. The molecule has 1 saturated carbocycles. The van der Waals surface area contributed by atoms with Gasteiger partial charge in [0, 0.05) is 36.3 Å². The summed E-state index contributed by atoms with van der Waals surface area (Å²) in [4.78, 5) is 28.4. The van der Waals surface area contributed by atoms with E-state index < -0.39 is 0 Å². The van der Waals surface area contributed by atoms with Gasteiger partial charge in [-0.15, -0.1) is 0 Å². The van der Waals surface area contributed by atoms with Gasteiger partial charge >= 0.3 is 0 Å². The number of carbonyl (C=O) groups is 1. The highest BCUT2D eigenvalue weighted by Crippen LogP contribution is 2.35. The largest absolute Gasteiger partial charge is 0.393 e. The average molecular weight is 290 g/mol. The molecule has 1 aliphatic heterocycles. The van der Waals surface area contributed by atoms with Gasteiger partial charge in [-0.2, -0.15) is 0 Å². The molecular weight excluding hydrogens is 268 g/mol. The number of amides is 1. The Balaban J connectivity index is 1.80. The van der Waals surface area contributed by atoms with E-state index in [2.05, 4.69) is 4.98 Å². The van der Waals surface area contributed by atoms with E-state index in [1.54, 1.807) is 6.07 Å². The maximum Gasteiger partial charge on any atom is 0.254 e. The summed E-state index contributed by atoms with van der Waals surface area (Å²) in [6.45, 7) is 0.722. The van der Waals surface area contributed by atoms with Crippen LogP contribution in [-0.4, -0.2) is 39.6 Å². The van der Waals surface area contributed by atoms with E-state index in [4.69, 9.17) is 0 Å². The van der Waals surface area contributed by atoms with E-state index in [-0.39, 0.29) is 29.5 Å². The molecule has 114 valence electrons. The van der Waals surface area contributed by atoms with E-state index >= 15 is 0 Å². The molecule has 1 aromatic heterocycles. The zero-order chi connectivity index (χ0) is 14.8. The molecule has 0 bridgehead atoms. The van der Waals surface area contributed by atoms with Gasteiger partial charge in [-0.05, 0) is 31.7 Å². The van der Waals surface area contributed by atoms with Gasteiger partial charge in [0.05, 0.1) is 6.10 Å². The van der Waals surface area contributed by atoms with Gasteiger partial charge in [0.15, 0.2) is 0 Å². The minimum Gasteiger partial charge on any atom is -0.393 e. The molecule has 1 aliphatic carbocycles. The molecule has 1 amide bonds. The maximum atomic E-state index is 12.7. The first-order valence-electron chi connectivity index (χ1n) is 7.84. The van der Waals surface area contributed by atoms with Gasteiger partial charge < -0.3 is 15.0 Å². The SMILES string of the molecule is O=C(c1cc[nH]c(=O)c1)N1CCCC1C1CCCCC1O. The Kier molecular flexibility index (Phi) is 4.10. The lowest BCUT2D eigenvalue weighted by molar-refractivity contribution is 0.0211. The van der Waals surface area contributed by atoms with E-state index in [0.717, 1.165) is 45.1 Å². The first-order chi connectivity index (χ1) is 10.2. The third kappa shape index (κ3) is 2.88. The van der Waals surface area contributed by atoms with Crippen LogP contribution in [0.5, 0.6) is 0 Å². The van der Waals surface area contributed by atoms with Crippen LogP contribution in [0.1, 0.15) is 48.9 Å². The summed E-state index contributed by atoms with van der Waals surface area (Å²) in [6.07, 6.45) is 7.18. The maximum absolute atomic E-state index is 12.7. The molecule has 3 rings (SSSR count). The van der Waals surface area contributed by atoms with Crippen molar-refractivity contribution in [1.29, 1.82) is 0 Å². The molecule has 2 fully saturated rings. The lowest BCUT2D eigenvalue weighted by atomic mass is 9.80. The molecule has 3 unspecified atom stereocenters. The van der Waals surface area contributed by atoms with Crippen molar-refractivity contribution in [2.24, 2.45) is 5.92 Å². The monoisotopic (exact) mass is 290 g/mol. The molecule has 3 atom stereocenters. The lowest BCUT2D eigenvalue weighted by Gasteiger charge is -2.37. The second kappa shape index (κ2) is 6.02. The Morgan fingerprint density at radius 2 is 2.05 bits per heavy atom. The Bertz CT molecular complexity index is 569. The third-order valence-corrected chi connectivity index (χ3v) is 4.86. The predicted molar refractivity (Wildman–Crippen MR) is 79.1 cm³/mol. The molecule has 0 spiro atoms. The number of aromatic amines is 1. The van der Waals surface area contributed by atoms with Crippen LogP contribution in [0.2, 0.25) is 0 Å². The fraction of sp³-hybridized carbons (Fsp3) is 0.625. The fourth-order valence-electron chi connectivity index (χ4n) is 3.82. The summed E-state index contributed by atoms with van der Waals surface area (Å²) in [5.74, 6) is 0.105. The minimum atomic E-state index is -0.295. The molecule has 5 heteroatoms. The van der Waals surface area contributed by atoms with Crippen LogP contribution in [0.4, 0.5) is 0 Å². The number of nitrogens with one attached hydrogen (secondary N) is 1. The molecule has 5 nitrogen and oxygen atoms in total. The van der Waals surface area contributed by atoms with Crippen LogP contribution in [0.3, 0.4) is 0 Å². The molecule has 2 N–H and O–H groups in total. The molecule has 1 saturated heterocycles. The molecular formula is C16H22N2O3. The third-order valence-electron chi connectivity index (χ3n) is 4.86. The summed E-state index contributed by atoms with van der Waals surface area (Å²) >= 11 is 0. The van der Waals surface area contributed by atoms with Gasteiger partial charge in [-0.3, -0.25) is 9.59 Å². The number of aliphatic hydroxyl groups excluding tert-OH is 1. The van der Waals surface area contributed by atoms with Crippen LogP contribution in [0, 0.1) is 5.92 Å². The summed E-state index contributed by atoms with van der Waals surface area (Å²) in [5.41, 5.74) is 0.185. The summed E-state index contributed by atoms with van der Waals surface area (Å²) < 4.78 is 0. The van der Waals surface area contributed by atoms with E-state index in [1.165, 1.54) is 12.3 Å². The number of carbonyl (C=O) groups excluding carboxylic acids is 1. The first-order valence-corrected chi connectivity index (χ1v) is 7.84. The second-order valence-electron chi connectivity index (χ2n) is 6.17.